The largest absolute Gasteiger partial charge is 0.435 e. The van der Waals surface area contributed by atoms with Crippen LogP contribution in [-0.4, -0.2) is 24.5 Å². The first-order chi connectivity index (χ1) is 14.9. The van der Waals surface area contributed by atoms with Gasteiger partial charge in [-0.1, -0.05) is 35.3 Å². The highest BCUT2D eigenvalue weighted by Gasteiger charge is 2.35. The van der Waals surface area contributed by atoms with Crippen molar-refractivity contribution in [2.75, 3.05) is 6.26 Å². The van der Waals surface area contributed by atoms with Crippen LogP contribution in [0.3, 0.4) is 0 Å². The van der Waals surface area contributed by atoms with E-state index < -0.39 is 21.7 Å². The molecule has 0 aliphatic heterocycles. The fourth-order valence-corrected chi connectivity index (χ4v) is 5.01. The molecule has 166 valence electrons. The van der Waals surface area contributed by atoms with Crippen LogP contribution in [0, 0.1) is 0 Å². The molecule has 0 atom stereocenters. The van der Waals surface area contributed by atoms with E-state index in [4.69, 9.17) is 23.2 Å². The van der Waals surface area contributed by atoms with Gasteiger partial charge in [-0.3, -0.25) is 0 Å². The first-order valence-corrected chi connectivity index (χ1v) is 12.5. The van der Waals surface area contributed by atoms with Crippen LogP contribution in [0.1, 0.15) is 5.69 Å². The summed E-state index contributed by atoms with van der Waals surface area (Å²) >= 11 is 13.4. The van der Waals surface area contributed by atoms with Crippen LogP contribution in [0.5, 0.6) is 0 Å². The SMILES string of the molecule is CS(=O)(=O)c1cccc(-c2csc(-c3cc(C(F)(F)F)nn3-c3cc(Cl)ccc3Cl)c2)c1. The Morgan fingerprint density at radius 2 is 1.75 bits per heavy atom. The standard InChI is InChI=1S/C21H13Cl2F3N2O2S2/c1-32(29,30)15-4-2-3-12(7-15)13-8-19(31-11-13)18-10-20(21(24,25)26)27-28(18)17-9-14(22)5-6-16(17)23/h2-11H,1H3. The van der Waals surface area contributed by atoms with Gasteiger partial charge in [0.25, 0.3) is 0 Å². The maximum atomic E-state index is 13.4. The van der Waals surface area contributed by atoms with E-state index in [2.05, 4.69) is 5.10 Å². The summed E-state index contributed by atoms with van der Waals surface area (Å²) in [7, 11) is -3.41. The molecule has 0 saturated heterocycles. The molecule has 0 saturated carbocycles. The van der Waals surface area contributed by atoms with Crippen molar-refractivity contribution in [1.29, 1.82) is 0 Å². The third kappa shape index (κ3) is 4.56. The zero-order chi connectivity index (χ0) is 23.3. The predicted molar refractivity (Wildman–Crippen MR) is 120 cm³/mol. The Bertz CT molecular complexity index is 1430. The third-order valence-corrected chi connectivity index (χ3v) is 7.20. The highest BCUT2D eigenvalue weighted by atomic mass is 35.5. The van der Waals surface area contributed by atoms with Gasteiger partial charge >= 0.3 is 6.18 Å². The molecule has 0 unspecified atom stereocenters. The molecular weight excluding hydrogens is 504 g/mol. The number of thiophene rings is 1. The zero-order valence-electron chi connectivity index (χ0n) is 16.2. The molecule has 32 heavy (non-hydrogen) atoms. The van der Waals surface area contributed by atoms with Crippen LogP contribution in [0.2, 0.25) is 10.0 Å². The lowest BCUT2D eigenvalue weighted by Gasteiger charge is -2.09. The second-order valence-electron chi connectivity index (χ2n) is 6.92. The third-order valence-electron chi connectivity index (χ3n) is 4.58. The lowest BCUT2D eigenvalue weighted by Crippen LogP contribution is -2.07. The first-order valence-electron chi connectivity index (χ1n) is 8.95. The molecule has 2 aromatic carbocycles. The molecule has 0 spiro atoms. The molecule has 0 radical (unpaired) electrons. The number of hydrogen-bond donors (Lipinski definition) is 0. The molecular formula is C21H13Cl2F3N2O2S2. The smallest absolute Gasteiger partial charge is 0.230 e. The number of rotatable bonds is 4. The van der Waals surface area contributed by atoms with Gasteiger partial charge in [-0.05, 0) is 59.0 Å². The molecule has 0 aliphatic rings. The molecule has 2 heterocycles. The highest BCUT2D eigenvalue weighted by Crippen LogP contribution is 2.39. The van der Waals surface area contributed by atoms with Gasteiger partial charge < -0.3 is 0 Å². The summed E-state index contributed by atoms with van der Waals surface area (Å²) in [5, 5.41) is 5.95. The summed E-state index contributed by atoms with van der Waals surface area (Å²) < 4.78 is 65.1. The number of benzene rings is 2. The second-order valence-corrected chi connectivity index (χ2v) is 10.7. The number of aromatic nitrogens is 2. The summed E-state index contributed by atoms with van der Waals surface area (Å²) in [5.41, 5.74) is 0.598. The van der Waals surface area contributed by atoms with Crippen molar-refractivity contribution in [1.82, 2.24) is 9.78 Å². The summed E-state index contributed by atoms with van der Waals surface area (Å²) in [6.45, 7) is 0. The Morgan fingerprint density at radius 1 is 1.00 bits per heavy atom. The number of halogens is 5. The number of nitrogens with zero attached hydrogens (tertiary/aromatic N) is 2. The van der Waals surface area contributed by atoms with Crippen LogP contribution in [-0.2, 0) is 16.0 Å². The van der Waals surface area contributed by atoms with Crippen molar-refractivity contribution in [2.45, 2.75) is 11.1 Å². The molecule has 4 nitrogen and oxygen atoms in total. The fourth-order valence-electron chi connectivity index (χ4n) is 3.06. The van der Waals surface area contributed by atoms with Gasteiger partial charge in [-0.2, -0.15) is 18.3 Å². The van der Waals surface area contributed by atoms with Crippen molar-refractivity contribution in [3.05, 3.63) is 75.7 Å². The Hall–Kier alpha value is -2.33. The van der Waals surface area contributed by atoms with Gasteiger partial charge in [0.1, 0.15) is 0 Å². The molecule has 0 aliphatic carbocycles. The van der Waals surface area contributed by atoms with Gasteiger partial charge in [0, 0.05) is 11.3 Å². The van der Waals surface area contributed by atoms with E-state index in [9.17, 15) is 21.6 Å². The molecule has 2 aromatic heterocycles. The highest BCUT2D eigenvalue weighted by molar-refractivity contribution is 7.90. The van der Waals surface area contributed by atoms with Crippen LogP contribution >= 0.6 is 34.5 Å². The monoisotopic (exact) mass is 516 g/mol. The quantitative estimate of drug-likeness (QED) is 0.293. The minimum absolute atomic E-state index is 0.151. The van der Waals surface area contributed by atoms with Crippen molar-refractivity contribution < 1.29 is 21.6 Å². The van der Waals surface area contributed by atoms with E-state index in [0.717, 1.165) is 17.0 Å². The molecule has 4 rings (SSSR count). The maximum absolute atomic E-state index is 13.4. The van der Waals surface area contributed by atoms with Gasteiger partial charge in [-0.15, -0.1) is 11.3 Å². The van der Waals surface area contributed by atoms with Gasteiger partial charge in [0.15, 0.2) is 15.5 Å². The van der Waals surface area contributed by atoms with E-state index in [0.29, 0.717) is 21.0 Å². The van der Waals surface area contributed by atoms with Crippen LogP contribution < -0.4 is 0 Å². The molecule has 0 amide bonds. The number of alkyl halides is 3. The molecule has 4 aromatic rings. The van der Waals surface area contributed by atoms with Crippen LogP contribution in [0.25, 0.3) is 27.4 Å². The van der Waals surface area contributed by atoms with Crippen molar-refractivity contribution in [3.63, 3.8) is 0 Å². The first kappa shape index (κ1) is 22.8. The van der Waals surface area contributed by atoms with Crippen molar-refractivity contribution in [2.24, 2.45) is 0 Å². The van der Waals surface area contributed by atoms with Gasteiger partial charge in [-0.25, -0.2) is 13.1 Å². The topological polar surface area (TPSA) is 52.0 Å². The van der Waals surface area contributed by atoms with Gasteiger partial charge in [0.05, 0.1) is 26.2 Å². The average molecular weight is 517 g/mol. The Morgan fingerprint density at radius 3 is 2.44 bits per heavy atom. The summed E-state index contributed by atoms with van der Waals surface area (Å²) in [5.74, 6) is 0. The lowest BCUT2D eigenvalue weighted by atomic mass is 10.1. The minimum atomic E-state index is -4.66. The van der Waals surface area contributed by atoms with E-state index in [1.165, 1.54) is 41.7 Å². The van der Waals surface area contributed by atoms with Crippen molar-refractivity contribution in [3.8, 4) is 27.4 Å². The van der Waals surface area contributed by atoms with E-state index in [1.807, 2.05) is 0 Å². The zero-order valence-corrected chi connectivity index (χ0v) is 19.3. The minimum Gasteiger partial charge on any atom is -0.230 e. The summed E-state index contributed by atoms with van der Waals surface area (Å²) in [6, 6.07) is 13.4. The van der Waals surface area contributed by atoms with Gasteiger partial charge in [0.2, 0.25) is 0 Å². The fraction of sp³-hybridized carbons (Fsp3) is 0.0952. The lowest BCUT2D eigenvalue weighted by molar-refractivity contribution is -0.141. The normalized spacial score (nSPS) is 12.3. The number of hydrogen-bond acceptors (Lipinski definition) is 4. The Labute approximate surface area is 195 Å². The molecule has 0 bridgehead atoms. The predicted octanol–water partition coefficient (Wildman–Crippen LogP) is 7.00. The average Bonchev–Trinajstić information content (AvgIpc) is 3.36. The molecule has 0 fully saturated rings. The molecule has 11 heteroatoms. The van der Waals surface area contributed by atoms with E-state index in [1.54, 1.807) is 23.6 Å². The van der Waals surface area contributed by atoms with Crippen molar-refractivity contribution >= 4 is 44.4 Å². The van der Waals surface area contributed by atoms with E-state index in [-0.39, 0.29) is 21.3 Å². The summed E-state index contributed by atoms with van der Waals surface area (Å²) in [6.07, 6.45) is -3.55. The van der Waals surface area contributed by atoms with E-state index >= 15 is 0 Å². The molecule has 0 N–H and O–H groups in total. The Kier molecular flexibility index (Phi) is 5.87. The Balaban J connectivity index is 1.86. The maximum Gasteiger partial charge on any atom is 0.435 e. The number of sulfone groups is 1. The van der Waals surface area contributed by atoms with Crippen LogP contribution in [0.4, 0.5) is 13.2 Å². The second kappa shape index (κ2) is 8.22. The van der Waals surface area contributed by atoms with Crippen LogP contribution in [0.15, 0.2) is 64.9 Å². The summed E-state index contributed by atoms with van der Waals surface area (Å²) in [4.78, 5) is 0.640.